The minimum absolute atomic E-state index is 0.0415. The third-order valence-corrected chi connectivity index (χ3v) is 10.4. The monoisotopic (exact) mass is 567 g/mol. The van der Waals surface area contributed by atoms with Crippen LogP contribution in [0.5, 0.6) is 5.88 Å². The molecule has 3 aromatic rings. The first kappa shape index (κ1) is 28.2. The molecule has 11 heteroatoms. The lowest BCUT2D eigenvalue weighted by Gasteiger charge is -2.27. The Balaban J connectivity index is 1.45. The number of sulfone groups is 1. The molecule has 2 aliphatic rings. The molecule has 10 nitrogen and oxygen atoms in total. The smallest absolute Gasteiger partial charge is 0.340 e. The van der Waals surface area contributed by atoms with E-state index in [2.05, 4.69) is 15.3 Å². The van der Waals surface area contributed by atoms with Gasteiger partial charge in [-0.25, -0.2) is 28.2 Å². The summed E-state index contributed by atoms with van der Waals surface area (Å²) in [6.07, 6.45) is 5.38. The first-order valence-electron chi connectivity index (χ1n) is 13.8. The predicted molar refractivity (Wildman–Crippen MR) is 154 cm³/mol. The summed E-state index contributed by atoms with van der Waals surface area (Å²) in [6.45, 7) is 9.67. The molecular formula is C29H37N5O5S. The standard InChI is InChI=1S/C29H37N5O5S/c1-6-29(5,30)23-15-32-27(38-16(2)11-12-40(36,37)19-7-8-19)22-14-31-25(13-21(22)23)33-24-10-9-20-26(34-24)17(3)18(4)39-28(20)35/h9-10,13-19H,6-8,11-12,30H2,1-5H3,(H,31,33,34)/t16-,17+,18+,29?/m1/s1. The Labute approximate surface area is 235 Å². The van der Waals surface area contributed by atoms with Crippen LogP contribution in [0.15, 0.2) is 30.6 Å². The Bertz CT molecular complexity index is 1550. The van der Waals surface area contributed by atoms with Gasteiger partial charge in [-0.3, -0.25) is 0 Å². The summed E-state index contributed by atoms with van der Waals surface area (Å²) in [4.78, 5) is 26.2. The number of nitrogens with one attached hydrogen (secondary N) is 1. The number of pyridine rings is 3. The van der Waals surface area contributed by atoms with Crippen LogP contribution in [-0.2, 0) is 20.1 Å². The molecule has 40 heavy (non-hydrogen) atoms. The average Bonchev–Trinajstić information content (AvgIpc) is 3.77. The van der Waals surface area contributed by atoms with Crippen molar-refractivity contribution >= 4 is 38.2 Å². The zero-order valence-electron chi connectivity index (χ0n) is 23.6. The highest BCUT2D eigenvalue weighted by molar-refractivity contribution is 7.92. The van der Waals surface area contributed by atoms with Crippen LogP contribution in [0.1, 0.15) is 87.8 Å². The minimum Gasteiger partial charge on any atom is -0.474 e. The quantitative estimate of drug-likeness (QED) is 0.329. The summed E-state index contributed by atoms with van der Waals surface area (Å²) in [7, 11) is -3.07. The first-order valence-corrected chi connectivity index (χ1v) is 15.6. The van der Waals surface area contributed by atoms with Crippen LogP contribution in [-0.4, -0.2) is 52.5 Å². The number of nitrogens with zero attached hydrogens (tertiary/aromatic N) is 3. The molecule has 1 unspecified atom stereocenters. The Hall–Kier alpha value is -3.31. The van der Waals surface area contributed by atoms with Crippen LogP contribution in [0.25, 0.3) is 10.8 Å². The Morgan fingerprint density at radius 1 is 1.18 bits per heavy atom. The predicted octanol–water partition coefficient (Wildman–Crippen LogP) is 4.75. The molecule has 214 valence electrons. The summed E-state index contributed by atoms with van der Waals surface area (Å²) >= 11 is 0. The molecule has 0 amide bonds. The van der Waals surface area contributed by atoms with Gasteiger partial charge in [-0.2, -0.15) is 0 Å². The van der Waals surface area contributed by atoms with Gasteiger partial charge in [-0.1, -0.05) is 13.8 Å². The van der Waals surface area contributed by atoms with E-state index in [1.54, 1.807) is 24.5 Å². The van der Waals surface area contributed by atoms with Gasteiger partial charge in [-0.05, 0) is 75.6 Å². The van der Waals surface area contributed by atoms with Gasteiger partial charge in [-0.15, -0.1) is 0 Å². The van der Waals surface area contributed by atoms with Crippen molar-refractivity contribution in [2.45, 2.75) is 89.2 Å². The Morgan fingerprint density at radius 3 is 2.62 bits per heavy atom. The van der Waals surface area contributed by atoms with Crippen LogP contribution in [0.3, 0.4) is 0 Å². The Morgan fingerprint density at radius 2 is 1.93 bits per heavy atom. The van der Waals surface area contributed by atoms with Gasteiger partial charge in [0.25, 0.3) is 0 Å². The number of hydrogen-bond donors (Lipinski definition) is 2. The van der Waals surface area contributed by atoms with Gasteiger partial charge < -0.3 is 20.5 Å². The van der Waals surface area contributed by atoms with Gasteiger partial charge in [0.05, 0.1) is 33.8 Å². The fourth-order valence-electron chi connectivity index (χ4n) is 4.84. The van der Waals surface area contributed by atoms with E-state index in [4.69, 9.17) is 20.2 Å². The van der Waals surface area contributed by atoms with Gasteiger partial charge in [0.1, 0.15) is 17.7 Å². The highest BCUT2D eigenvalue weighted by atomic mass is 32.2. The van der Waals surface area contributed by atoms with Crippen LogP contribution >= 0.6 is 0 Å². The van der Waals surface area contributed by atoms with Crippen molar-refractivity contribution in [3.05, 3.63) is 47.4 Å². The molecule has 0 spiro atoms. The number of cyclic esters (lactones) is 1. The summed E-state index contributed by atoms with van der Waals surface area (Å²) in [5.41, 5.74) is 8.01. The number of anilines is 2. The summed E-state index contributed by atoms with van der Waals surface area (Å²) < 4.78 is 36.2. The number of ether oxygens (including phenoxy) is 2. The Kier molecular flexibility index (Phi) is 7.47. The molecule has 0 saturated heterocycles. The molecule has 1 saturated carbocycles. The van der Waals surface area contributed by atoms with Gasteiger partial charge >= 0.3 is 5.97 Å². The van der Waals surface area contributed by atoms with E-state index >= 15 is 0 Å². The largest absolute Gasteiger partial charge is 0.474 e. The zero-order valence-corrected chi connectivity index (χ0v) is 24.4. The molecule has 1 aliphatic carbocycles. The minimum atomic E-state index is -3.07. The molecule has 0 radical (unpaired) electrons. The SMILES string of the molecule is CCC(C)(N)c1cnc(O[C@H](C)CCS(=O)(=O)C2CC2)c2cnc(Nc3ccc4c(n3)[C@@H](C)[C@H](C)OC4=O)cc12. The van der Waals surface area contributed by atoms with Crippen LogP contribution in [0, 0.1) is 0 Å². The first-order chi connectivity index (χ1) is 18.9. The van der Waals surface area contributed by atoms with Crippen LogP contribution in [0.2, 0.25) is 0 Å². The van der Waals surface area contributed by atoms with Crippen molar-refractivity contribution in [2.24, 2.45) is 5.73 Å². The van der Waals surface area contributed by atoms with Gasteiger partial charge in [0, 0.05) is 23.9 Å². The maximum Gasteiger partial charge on any atom is 0.340 e. The third-order valence-electron chi connectivity index (χ3n) is 8.07. The topological polar surface area (TPSA) is 146 Å². The van der Waals surface area contributed by atoms with Crippen molar-refractivity contribution in [2.75, 3.05) is 11.1 Å². The molecule has 3 aromatic heterocycles. The fraction of sp³-hybridized carbons (Fsp3) is 0.517. The molecule has 5 rings (SSSR count). The second-order valence-electron chi connectivity index (χ2n) is 11.3. The number of nitrogens with two attached hydrogens (primary N) is 1. The zero-order chi connectivity index (χ0) is 28.8. The number of aromatic nitrogens is 3. The molecule has 4 atom stereocenters. The number of carbonyl (C=O) groups is 1. The normalized spacial score (nSPS) is 21.3. The van der Waals surface area contributed by atoms with E-state index in [1.165, 1.54) is 0 Å². The number of carbonyl (C=O) groups excluding carboxylic acids is 1. The van der Waals surface area contributed by atoms with Crippen molar-refractivity contribution in [3.8, 4) is 5.88 Å². The van der Waals surface area contributed by atoms with Crippen molar-refractivity contribution in [1.29, 1.82) is 0 Å². The lowest BCUT2D eigenvalue weighted by Crippen LogP contribution is -2.32. The van der Waals surface area contributed by atoms with E-state index in [0.29, 0.717) is 47.0 Å². The maximum absolute atomic E-state index is 12.3. The molecule has 4 heterocycles. The molecule has 3 N–H and O–H groups in total. The highest BCUT2D eigenvalue weighted by Gasteiger charge is 2.35. The molecule has 1 aliphatic heterocycles. The fourth-order valence-corrected chi connectivity index (χ4v) is 6.69. The van der Waals surface area contributed by atoms with Crippen molar-refractivity contribution < 1.29 is 22.7 Å². The number of hydrogen-bond acceptors (Lipinski definition) is 10. The molecule has 0 bridgehead atoms. The average molecular weight is 568 g/mol. The van der Waals surface area contributed by atoms with E-state index < -0.39 is 15.4 Å². The van der Waals surface area contributed by atoms with Crippen LogP contribution < -0.4 is 15.8 Å². The number of esters is 1. The van der Waals surface area contributed by atoms with Crippen molar-refractivity contribution in [3.63, 3.8) is 0 Å². The molecule has 0 aromatic carbocycles. The van der Waals surface area contributed by atoms with E-state index in [0.717, 1.165) is 23.8 Å². The van der Waals surface area contributed by atoms with Gasteiger partial charge in [0.15, 0.2) is 9.84 Å². The third kappa shape index (κ3) is 5.62. The summed E-state index contributed by atoms with van der Waals surface area (Å²) in [6, 6.07) is 5.34. The number of rotatable bonds is 10. The van der Waals surface area contributed by atoms with E-state index in [-0.39, 0.29) is 35.1 Å². The lowest BCUT2D eigenvalue weighted by molar-refractivity contribution is 0.0235. The number of fused-ring (bicyclic) bond motifs is 2. The van der Waals surface area contributed by atoms with E-state index in [9.17, 15) is 13.2 Å². The van der Waals surface area contributed by atoms with Crippen molar-refractivity contribution in [1.82, 2.24) is 15.0 Å². The molecular weight excluding hydrogens is 530 g/mol. The maximum atomic E-state index is 12.3. The van der Waals surface area contributed by atoms with Gasteiger partial charge in [0.2, 0.25) is 5.88 Å². The summed E-state index contributed by atoms with van der Waals surface area (Å²) in [5.74, 6) is 1.18. The molecule has 1 fully saturated rings. The summed E-state index contributed by atoms with van der Waals surface area (Å²) in [5, 5.41) is 4.60. The second kappa shape index (κ2) is 10.6. The highest BCUT2D eigenvalue weighted by Crippen LogP contribution is 2.36. The lowest BCUT2D eigenvalue weighted by atomic mass is 9.88. The van der Waals surface area contributed by atoms with Crippen LogP contribution in [0.4, 0.5) is 11.6 Å². The second-order valence-corrected chi connectivity index (χ2v) is 13.7. The van der Waals surface area contributed by atoms with E-state index in [1.807, 2.05) is 40.7 Å².